The zero-order valence-corrected chi connectivity index (χ0v) is 10.8. The monoisotopic (exact) mass is 262 g/mol. The fourth-order valence-corrected chi connectivity index (χ4v) is 1.86. The number of nitrogens with two attached hydrogens (primary N) is 1. The van der Waals surface area contributed by atoms with Crippen molar-refractivity contribution < 1.29 is 9.53 Å². The Kier molecular flexibility index (Phi) is 3.89. The molecule has 1 aliphatic carbocycles. The Labute approximate surface area is 111 Å². The molecule has 0 radical (unpaired) electrons. The van der Waals surface area contributed by atoms with E-state index < -0.39 is 0 Å². The van der Waals surface area contributed by atoms with Crippen molar-refractivity contribution in [2.45, 2.75) is 25.3 Å². The Morgan fingerprint density at radius 2 is 2.21 bits per heavy atom. The molecule has 0 spiro atoms. The molecule has 1 aliphatic rings. The van der Waals surface area contributed by atoms with Crippen molar-refractivity contribution in [1.82, 2.24) is 5.32 Å². The third kappa shape index (κ3) is 3.15. The molecule has 0 aromatic heterocycles. The van der Waals surface area contributed by atoms with Gasteiger partial charge in [-0.2, -0.15) is 0 Å². The topological polar surface area (TPSA) is 100 Å². The predicted octanol–water partition coefficient (Wildman–Crippen LogP) is 1.65. The lowest BCUT2D eigenvalue weighted by Crippen LogP contribution is -2.41. The van der Waals surface area contributed by atoms with Crippen LogP contribution in [0.5, 0.6) is 5.75 Å². The minimum absolute atomic E-state index is 0.0382. The van der Waals surface area contributed by atoms with Crippen LogP contribution in [0, 0.1) is 5.41 Å². The van der Waals surface area contributed by atoms with Crippen LogP contribution in [0.4, 0.5) is 10.5 Å². The van der Waals surface area contributed by atoms with Gasteiger partial charge in [0.2, 0.25) is 0 Å². The van der Waals surface area contributed by atoms with E-state index >= 15 is 0 Å². The molecule has 1 aromatic carbocycles. The Morgan fingerprint density at radius 1 is 1.47 bits per heavy atom. The van der Waals surface area contributed by atoms with Crippen LogP contribution in [0.2, 0.25) is 0 Å². The second-order valence-electron chi connectivity index (χ2n) is 4.56. The highest BCUT2D eigenvalue weighted by atomic mass is 16.5. The Balaban J connectivity index is 2.06. The Morgan fingerprint density at radius 3 is 2.74 bits per heavy atom. The van der Waals surface area contributed by atoms with Gasteiger partial charge in [0.25, 0.3) is 0 Å². The summed E-state index contributed by atoms with van der Waals surface area (Å²) in [6.45, 7) is 0. The number of carbonyl (C=O) groups excluding carboxylic acids is 1. The first-order valence-electron chi connectivity index (χ1n) is 6.20. The van der Waals surface area contributed by atoms with Crippen molar-refractivity contribution in [2.24, 2.45) is 5.73 Å². The number of nitrogens with one attached hydrogen (secondary N) is 3. The molecule has 1 aromatic rings. The smallest absolute Gasteiger partial charge is 0.319 e. The normalized spacial score (nSPS) is 14.4. The maximum Gasteiger partial charge on any atom is 0.319 e. The van der Waals surface area contributed by atoms with Crippen LogP contribution in [-0.4, -0.2) is 25.0 Å². The molecular weight excluding hydrogens is 244 g/mol. The molecule has 102 valence electrons. The average molecular weight is 262 g/mol. The van der Waals surface area contributed by atoms with Gasteiger partial charge in [-0.05, 0) is 37.5 Å². The number of nitrogen functional groups attached to an aromatic ring is 1. The van der Waals surface area contributed by atoms with E-state index in [0.29, 0.717) is 17.0 Å². The van der Waals surface area contributed by atoms with Gasteiger partial charge in [0.1, 0.15) is 11.6 Å². The minimum Gasteiger partial charge on any atom is -0.495 e. The van der Waals surface area contributed by atoms with Crippen LogP contribution in [-0.2, 0) is 0 Å². The first-order valence-corrected chi connectivity index (χ1v) is 6.20. The van der Waals surface area contributed by atoms with Crippen LogP contribution >= 0.6 is 0 Å². The molecule has 19 heavy (non-hydrogen) atoms. The van der Waals surface area contributed by atoms with Crippen molar-refractivity contribution in [3.8, 4) is 5.75 Å². The molecule has 5 N–H and O–H groups in total. The molecule has 6 nitrogen and oxygen atoms in total. The molecule has 6 heteroatoms. The van der Waals surface area contributed by atoms with Gasteiger partial charge in [0, 0.05) is 11.6 Å². The summed E-state index contributed by atoms with van der Waals surface area (Å²) < 4.78 is 5.19. The standard InChI is InChI=1S/C13H18N4O2/c1-19-11-7-8(12(14)15)5-6-10(11)17-13(18)16-9-3-2-4-9/h5-7,9H,2-4H2,1H3,(H3,14,15)(H2,16,17,18). The van der Waals surface area contributed by atoms with E-state index in [1.54, 1.807) is 18.2 Å². The van der Waals surface area contributed by atoms with Crippen molar-refractivity contribution in [2.75, 3.05) is 12.4 Å². The van der Waals surface area contributed by atoms with Gasteiger partial charge < -0.3 is 21.1 Å². The highest BCUT2D eigenvalue weighted by Crippen LogP contribution is 2.25. The summed E-state index contributed by atoms with van der Waals surface area (Å²) >= 11 is 0. The number of urea groups is 1. The van der Waals surface area contributed by atoms with Gasteiger partial charge in [-0.25, -0.2) is 4.79 Å². The maximum absolute atomic E-state index is 11.8. The highest BCUT2D eigenvalue weighted by Gasteiger charge is 2.19. The van der Waals surface area contributed by atoms with Gasteiger partial charge in [0.05, 0.1) is 12.8 Å². The van der Waals surface area contributed by atoms with E-state index in [0.717, 1.165) is 12.8 Å². The summed E-state index contributed by atoms with van der Waals surface area (Å²) in [7, 11) is 1.51. The number of amides is 2. The number of anilines is 1. The number of methoxy groups -OCH3 is 1. The van der Waals surface area contributed by atoms with E-state index in [-0.39, 0.29) is 17.9 Å². The minimum atomic E-state index is -0.237. The quantitative estimate of drug-likeness (QED) is 0.490. The number of amidine groups is 1. The Hall–Kier alpha value is -2.24. The first kappa shape index (κ1) is 13.2. The number of ether oxygens (including phenoxy) is 1. The van der Waals surface area contributed by atoms with Crippen molar-refractivity contribution in [3.63, 3.8) is 0 Å². The number of carbonyl (C=O) groups is 1. The molecule has 0 atom stereocenters. The summed E-state index contributed by atoms with van der Waals surface area (Å²) in [5, 5.41) is 13.0. The third-order valence-electron chi connectivity index (χ3n) is 3.20. The zero-order chi connectivity index (χ0) is 13.8. The molecule has 0 saturated heterocycles. The molecule has 1 saturated carbocycles. The maximum atomic E-state index is 11.8. The summed E-state index contributed by atoms with van der Waals surface area (Å²) in [6, 6.07) is 5.02. The predicted molar refractivity (Wildman–Crippen MR) is 73.8 cm³/mol. The first-order chi connectivity index (χ1) is 9.10. The lowest BCUT2D eigenvalue weighted by Gasteiger charge is -2.26. The lowest BCUT2D eigenvalue weighted by molar-refractivity contribution is 0.240. The van der Waals surface area contributed by atoms with E-state index in [2.05, 4.69) is 10.6 Å². The molecular formula is C13H18N4O2. The van der Waals surface area contributed by atoms with Crippen LogP contribution in [0.3, 0.4) is 0 Å². The van der Waals surface area contributed by atoms with Crippen molar-refractivity contribution in [1.29, 1.82) is 5.41 Å². The average Bonchev–Trinajstić information content (AvgIpc) is 2.34. The second kappa shape index (κ2) is 5.60. The van der Waals surface area contributed by atoms with Crippen LogP contribution in [0.1, 0.15) is 24.8 Å². The lowest BCUT2D eigenvalue weighted by atomic mass is 9.93. The number of hydrogen-bond donors (Lipinski definition) is 4. The number of benzene rings is 1. The summed E-state index contributed by atoms with van der Waals surface area (Å²) in [6.07, 6.45) is 3.24. The molecule has 0 unspecified atom stereocenters. The number of rotatable bonds is 4. The summed E-state index contributed by atoms with van der Waals surface area (Å²) in [4.78, 5) is 11.8. The molecule has 0 bridgehead atoms. The fourth-order valence-electron chi connectivity index (χ4n) is 1.86. The van der Waals surface area contributed by atoms with Gasteiger partial charge >= 0.3 is 6.03 Å². The fraction of sp³-hybridized carbons (Fsp3) is 0.385. The SMILES string of the molecule is COc1cc(C(=N)N)ccc1NC(=O)NC1CCC1. The van der Waals surface area contributed by atoms with Gasteiger partial charge in [-0.3, -0.25) is 5.41 Å². The highest BCUT2D eigenvalue weighted by molar-refractivity contribution is 5.97. The van der Waals surface area contributed by atoms with Crippen LogP contribution in [0.15, 0.2) is 18.2 Å². The van der Waals surface area contributed by atoms with Crippen molar-refractivity contribution in [3.05, 3.63) is 23.8 Å². The molecule has 0 aliphatic heterocycles. The van der Waals surface area contributed by atoms with Gasteiger partial charge in [0.15, 0.2) is 0 Å². The molecule has 0 heterocycles. The third-order valence-corrected chi connectivity index (χ3v) is 3.20. The van der Waals surface area contributed by atoms with Crippen molar-refractivity contribution >= 4 is 17.6 Å². The largest absolute Gasteiger partial charge is 0.495 e. The Bertz CT molecular complexity index is 497. The van der Waals surface area contributed by atoms with Crippen LogP contribution < -0.4 is 21.1 Å². The van der Waals surface area contributed by atoms with Gasteiger partial charge in [-0.1, -0.05) is 0 Å². The molecule has 2 amide bonds. The van der Waals surface area contributed by atoms with E-state index in [1.807, 2.05) is 0 Å². The van der Waals surface area contributed by atoms with Gasteiger partial charge in [-0.15, -0.1) is 0 Å². The summed E-state index contributed by atoms with van der Waals surface area (Å²) in [5.74, 6) is 0.445. The van der Waals surface area contributed by atoms with E-state index in [1.165, 1.54) is 13.5 Å². The summed E-state index contributed by atoms with van der Waals surface area (Å²) in [5.41, 5.74) is 6.53. The molecule has 2 rings (SSSR count). The van der Waals surface area contributed by atoms with E-state index in [4.69, 9.17) is 15.9 Å². The molecule has 1 fully saturated rings. The zero-order valence-electron chi connectivity index (χ0n) is 10.8. The van der Waals surface area contributed by atoms with Crippen LogP contribution in [0.25, 0.3) is 0 Å². The number of hydrogen-bond acceptors (Lipinski definition) is 3. The second-order valence-corrected chi connectivity index (χ2v) is 4.56. The van der Waals surface area contributed by atoms with E-state index in [9.17, 15) is 4.79 Å².